The lowest BCUT2D eigenvalue weighted by Gasteiger charge is -2.13. The molecule has 0 spiro atoms. The van der Waals surface area contributed by atoms with Crippen molar-refractivity contribution in [2.45, 2.75) is 32.6 Å². The second-order valence-electron chi connectivity index (χ2n) is 4.81. The van der Waals surface area contributed by atoms with Gasteiger partial charge in [0.15, 0.2) is 5.11 Å². The number of nitrogens with one attached hydrogen (secondary N) is 2. The molecular weight excluding hydrogens is 306 g/mol. The van der Waals surface area contributed by atoms with E-state index < -0.39 is 0 Å². The summed E-state index contributed by atoms with van der Waals surface area (Å²) in [5.41, 5.74) is 7.24. The quantitative estimate of drug-likeness (QED) is 0.568. The van der Waals surface area contributed by atoms with Crippen molar-refractivity contribution in [3.8, 4) is 0 Å². The number of fused-ring (bicyclic) bond motifs is 1. The van der Waals surface area contributed by atoms with Crippen LogP contribution in [0, 0.1) is 0 Å². The summed E-state index contributed by atoms with van der Waals surface area (Å²) in [6, 6.07) is 0. The first-order valence-electron chi connectivity index (χ1n) is 7.24. The highest BCUT2D eigenvalue weighted by molar-refractivity contribution is 7.80. The maximum atomic E-state index is 12.3. The minimum absolute atomic E-state index is 0.263. The summed E-state index contributed by atoms with van der Waals surface area (Å²) >= 11 is 6.84. The van der Waals surface area contributed by atoms with Gasteiger partial charge in [0.25, 0.3) is 0 Å². The van der Waals surface area contributed by atoms with E-state index in [1.807, 2.05) is 6.92 Å². The Bertz CT molecular complexity index is 529. The molecule has 21 heavy (non-hydrogen) atoms. The lowest BCUT2D eigenvalue weighted by atomic mass is 9.95. The van der Waals surface area contributed by atoms with Crippen molar-refractivity contribution in [2.75, 3.05) is 25.0 Å². The summed E-state index contributed by atoms with van der Waals surface area (Å²) in [6.07, 6.45) is 4.25. The Morgan fingerprint density at radius 3 is 2.90 bits per heavy atom. The van der Waals surface area contributed by atoms with Gasteiger partial charge in [-0.2, -0.15) is 0 Å². The van der Waals surface area contributed by atoms with E-state index in [1.165, 1.54) is 11.3 Å². The van der Waals surface area contributed by atoms with Crippen molar-refractivity contribution in [3.63, 3.8) is 0 Å². The van der Waals surface area contributed by atoms with Crippen LogP contribution in [0.2, 0.25) is 0 Å². The molecule has 0 saturated carbocycles. The fourth-order valence-corrected chi connectivity index (χ4v) is 3.96. The SMILES string of the molecule is CCOC(=O)c1c(NC(=S)NCCN)sc2c1CCCC2. The zero-order valence-corrected chi connectivity index (χ0v) is 13.8. The Labute approximate surface area is 134 Å². The Hall–Kier alpha value is -1.18. The minimum atomic E-state index is -0.263. The zero-order valence-electron chi connectivity index (χ0n) is 12.2. The summed E-state index contributed by atoms with van der Waals surface area (Å²) < 4.78 is 5.20. The first-order valence-corrected chi connectivity index (χ1v) is 8.46. The van der Waals surface area contributed by atoms with E-state index >= 15 is 0 Å². The van der Waals surface area contributed by atoms with Gasteiger partial charge in [-0.05, 0) is 50.4 Å². The van der Waals surface area contributed by atoms with E-state index in [4.69, 9.17) is 22.7 Å². The van der Waals surface area contributed by atoms with Crippen LogP contribution >= 0.6 is 23.6 Å². The van der Waals surface area contributed by atoms with Crippen LogP contribution in [-0.2, 0) is 17.6 Å². The number of nitrogens with two attached hydrogens (primary N) is 1. The van der Waals surface area contributed by atoms with Gasteiger partial charge in [0.1, 0.15) is 5.00 Å². The second kappa shape index (κ2) is 7.72. The molecule has 116 valence electrons. The van der Waals surface area contributed by atoms with E-state index in [0.717, 1.165) is 29.8 Å². The molecular formula is C14H21N3O2S2. The average Bonchev–Trinajstić information content (AvgIpc) is 2.83. The van der Waals surface area contributed by atoms with Gasteiger partial charge in [-0.15, -0.1) is 11.3 Å². The third kappa shape index (κ3) is 3.93. The molecule has 1 aliphatic rings. The van der Waals surface area contributed by atoms with Gasteiger partial charge in [0.2, 0.25) is 0 Å². The third-order valence-corrected chi connectivity index (χ3v) is 4.76. The van der Waals surface area contributed by atoms with Crippen LogP contribution in [0.25, 0.3) is 0 Å². The first-order chi connectivity index (χ1) is 10.2. The topological polar surface area (TPSA) is 76.4 Å². The molecule has 0 bridgehead atoms. The monoisotopic (exact) mass is 327 g/mol. The standard InChI is InChI=1S/C14H21N3O2S2/c1-2-19-13(18)11-9-5-3-4-6-10(9)21-12(11)17-14(20)16-8-7-15/h2-8,15H2,1H3,(H2,16,17,20). The van der Waals surface area contributed by atoms with Crippen LogP contribution in [0.5, 0.6) is 0 Å². The minimum Gasteiger partial charge on any atom is -0.462 e. The number of rotatable bonds is 5. The lowest BCUT2D eigenvalue weighted by molar-refractivity contribution is 0.0526. The number of anilines is 1. The number of hydrogen-bond donors (Lipinski definition) is 3. The van der Waals surface area contributed by atoms with Crippen LogP contribution in [-0.4, -0.2) is 30.8 Å². The predicted molar refractivity (Wildman–Crippen MR) is 90.2 cm³/mol. The first kappa shape index (κ1) is 16.2. The molecule has 1 heterocycles. The van der Waals surface area contributed by atoms with E-state index in [1.54, 1.807) is 11.3 Å². The highest BCUT2D eigenvalue weighted by Crippen LogP contribution is 2.38. The van der Waals surface area contributed by atoms with Gasteiger partial charge in [0.05, 0.1) is 12.2 Å². The largest absolute Gasteiger partial charge is 0.462 e. The van der Waals surface area contributed by atoms with Crippen LogP contribution < -0.4 is 16.4 Å². The summed E-state index contributed by atoms with van der Waals surface area (Å²) in [4.78, 5) is 13.5. The van der Waals surface area contributed by atoms with Crippen LogP contribution in [0.1, 0.15) is 40.6 Å². The Kier molecular flexibility index (Phi) is 5.96. The summed E-state index contributed by atoms with van der Waals surface area (Å²) in [7, 11) is 0. The smallest absolute Gasteiger partial charge is 0.341 e. The van der Waals surface area contributed by atoms with Crippen molar-refractivity contribution >= 4 is 39.6 Å². The van der Waals surface area contributed by atoms with Gasteiger partial charge in [0, 0.05) is 18.0 Å². The lowest BCUT2D eigenvalue weighted by Crippen LogP contribution is -2.32. The van der Waals surface area contributed by atoms with Crippen molar-refractivity contribution in [1.82, 2.24) is 5.32 Å². The van der Waals surface area contributed by atoms with Crippen LogP contribution in [0.15, 0.2) is 0 Å². The van der Waals surface area contributed by atoms with E-state index in [0.29, 0.717) is 30.4 Å². The zero-order chi connectivity index (χ0) is 15.2. The van der Waals surface area contributed by atoms with Gasteiger partial charge in [-0.1, -0.05) is 0 Å². The van der Waals surface area contributed by atoms with Gasteiger partial charge >= 0.3 is 5.97 Å². The van der Waals surface area contributed by atoms with Gasteiger partial charge in [-0.3, -0.25) is 0 Å². The van der Waals surface area contributed by atoms with Crippen molar-refractivity contribution in [1.29, 1.82) is 0 Å². The molecule has 0 fully saturated rings. The number of carbonyl (C=O) groups is 1. The maximum Gasteiger partial charge on any atom is 0.341 e. The molecule has 5 nitrogen and oxygen atoms in total. The van der Waals surface area contributed by atoms with Crippen LogP contribution in [0.3, 0.4) is 0 Å². The number of thiophene rings is 1. The fourth-order valence-electron chi connectivity index (χ4n) is 2.41. The normalized spacial score (nSPS) is 13.4. The molecule has 0 aliphatic heterocycles. The molecule has 0 radical (unpaired) electrons. The van der Waals surface area contributed by atoms with Crippen molar-refractivity contribution in [3.05, 3.63) is 16.0 Å². The number of hydrogen-bond acceptors (Lipinski definition) is 5. The maximum absolute atomic E-state index is 12.3. The molecule has 0 aromatic carbocycles. The number of esters is 1. The molecule has 0 amide bonds. The Morgan fingerprint density at radius 2 is 2.19 bits per heavy atom. The Balaban J connectivity index is 2.24. The molecule has 1 aromatic rings. The molecule has 2 rings (SSSR count). The average molecular weight is 327 g/mol. The van der Waals surface area contributed by atoms with E-state index in [9.17, 15) is 4.79 Å². The summed E-state index contributed by atoms with van der Waals surface area (Å²) in [5.74, 6) is -0.263. The molecule has 4 N–H and O–H groups in total. The number of thiocarbonyl (C=S) groups is 1. The molecule has 0 atom stereocenters. The third-order valence-electron chi connectivity index (χ3n) is 3.31. The summed E-state index contributed by atoms with van der Waals surface area (Å²) in [5, 5.41) is 7.41. The van der Waals surface area contributed by atoms with E-state index in [2.05, 4.69) is 10.6 Å². The molecule has 7 heteroatoms. The number of ether oxygens (including phenoxy) is 1. The van der Waals surface area contributed by atoms with Crippen molar-refractivity contribution in [2.24, 2.45) is 5.73 Å². The summed E-state index contributed by atoms with van der Waals surface area (Å²) in [6.45, 7) is 3.30. The molecule has 1 aliphatic carbocycles. The molecule has 0 saturated heterocycles. The van der Waals surface area contributed by atoms with E-state index in [-0.39, 0.29) is 5.97 Å². The predicted octanol–water partition coefficient (Wildman–Crippen LogP) is 2.05. The number of carbonyl (C=O) groups excluding carboxylic acids is 1. The van der Waals surface area contributed by atoms with Crippen LogP contribution in [0.4, 0.5) is 5.00 Å². The van der Waals surface area contributed by atoms with Gasteiger partial charge in [-0.25, -0.2) is 4.79 Å². The highest BCUT2D eigenvalue weighted by atomic mass is 32.1. The molecule has 1 aromatic heterocycles. The van der Waals surface area contributed by atoms with Gasteiger partial charge < -0.3 is 21.1 Å². The molecule has 0 unspecified atom stereocenters. The highest BCUT2D eigenvalue weighted by Gasteiger charge is 2.26. The Morgan fingerprint density at radius 1 is 1.43 bits per heavy atom. The fraction of sp³-hybridized carbons (Fsp3) is 0.571. The van der Waals surface area contributed by atoms with Crippen molar-refractivity contribution < 1.29 is 9.53 Å². The number of aryl methyl sites for hydroxylation is 1. The second-order valence-corrected chi connectivity index (χ2v) is 6.32.